The molecule has 1 aromatic rings. The lowest BCUT2D eigenvalue weighted by atomic mass is 10.1. The highest BCUT2D eigenvalue weighted by Gasteiger charge is 2.24. The van der Waals surface area contributed by atoms with E-state index < -0.39 is 0 Å². The molecule has 1 aliphatic heterocycles. The van der Waals surface area contributed by atoms with E-state index in [-0.39, 0.29) is 11.9 Å². The summed E-state index contributed by atoms with van der Waals surface area (Å²) in [5.74, 6) is 0.524. The number of nitrogens with zero attached hydrogens (tertiary/aromatic N) is 2. The Balaban J connectivity index is 1.78. The molecule has 0 radical (unpaired) electrons. The molecule has 1 N–H and O–H groups in total. The summed E-state index contributed by atoms with van der Waals surface area (Å²) in [6.07, 6.45) is 0.372. The highest BCUT2D eigenvalue weighted by atomic mass is 35.5. The molecule has 0 aliphatic carbocycles. The number of hydrogen-bond donors (Lipinski definition) is 1. The summed E-state index contributed by atoms with van der Waals surface area (Å²) in [6, 6.07) is 7.29. The second-order valence-electron chi connectivity index (χ2n) is 6.25. The SMILES string of the molecule is CC(C)CNC(=O)N1CCN(C(=O)Cc2ccc(Cl)cc2)CC1. The first-order chi connectivity index (χ1) is 11.0. The third-order valence-electron chi connectivity index (χ3n) is 3.85. The van der Waals surface area contributed by atoms with Crippen molar-refractivity contribution in [1.82, 2.24) is 15.1 Å². The number of carbonyl (C=O) groups excluding carboxylic acids is 2. The molecular formula is C17H24ClN3O2. The minimum Gasteiger partial charge on any atom is -0.339 e. The summed E-state index contributed by atoms with van der Waals surface area (Å²) in [7, 11) is 0. The summed E-state index contributed by atoms with van der Waals surface area (Å²) < 4.78 is 0. The van der Waals surface area contributed by atoms with Crippen molar-refractivity contribution in [3.05, 3.63) is 34.9 Å². The van der Waals surface area contributed by atoms with Crippen LogP contribution in [-0.2, 0) is 11.2 Å². The topological polar surface area (TPSA) is 52.7 Å². The summed E-state index contributed by atoms with van der Waals surface area (Å²) in [6.45, 7) is 7.13. The van der Waals surface area contributed by atoms with Crippen molar-refractivity contribution in [3.8, 4) is 0 Å². The van der Waals surface area contributed by atoms with E-state index in [2.05, 4.69) is 19.2 Å². The molecule has 1 aromatic carbocycles. The molecule has 0 atom stereocenters. The van der Waals surface area contributed by atoms with Crippen molar-refractivity contribution in [2.45, 2.75) is 20.3 Å². The molecule has 0 spiro atoms. The van der Waals surface area contributed by atoms with Crippen molar-refractivity contribution in [2.24, 2.45) is 5.92 Å². The van der Waals surface area contributed by atoms with Gasteiger partial charge in [0.25, 0.3) is 0 Å². The summed E-state index contributed by atoms with van der Waals surface area (Å²) in [5, 5.41) is 3.58. The Kier molecular flexibility index (Phi) is 6.28. The Morgan fingerprint density at radius 1 is 1.09 bits per heavy atom. The van der Waals surface area contributed by atoms with Crippen LogP contribution in [0, 0.1) is 5.92 Å². The van der Waals surface area contributed by atoms with E-state index in [1.165, 1.54) is 0 Å². The van der Waals surface area contributed by atoms with Gasteiger partial charge in [0.05, 0.1) is 6.42 Å². The highest BCUT2D eigenvalue weighted by Crippen LogP contribution is 2.12. The molecular weight excluding hydrogens is 314 g/mol. The maximum Gasteiger partial charge on any atom is 0.317 e. The van der Waals surface area contributed by atoms with Crippen LogP contribution < -0.4 is 5.32 Å². The molecule has 5 nitrogen and oxygen atoms in total. The quantitative estimate of drug-likeness (QED) is 0.917. The van der Waals surface area contributed by atoms with Crippen molar-refractivity contribution < 1.29 is 9.59 Å². The first-order valence-corrected chi connectivity index (χ1v) is 8.38. The third kappa shape index (κ3) is 5.43. The molecule has 0 saturated carbocycles. The second kappa shape index (κ2) is 8.20. The minimum atomic E-state index is -0.0384. The van der Waals surface area contributed by atoms with E-state index >= 15 is 0 Å². The number of hydrogen-bond acceptors (Lipinski definition) is 2. The molecule has 0 bridgehead atoms. The normalized spacial score (nSPS) is 15.0. The summed E-state index contributed by atoms with van der Waals surface area (Å²) >= 11 is 5.85. The van der Waals surface area contributed by atoms with Crippen molar-refractivity contribution in [2.75, 3.05) is 32.7 Å². The number of amides is 3. The molecule has 23 heavy (non-hydrogen) atoms. The fourth-order valence-corrected chi connectivity index (χ4v) is 2.58. The Morgan fingerprint density at radius 3 is 2.22 bits per heavy atom. The van der Waals surface area contributed by atoms with Crippen LogP contribution in [0.4, 0.5) is 4.79 Å². The fourth-order valence-electron chi connectivity index (χ4n) is 2.45. The number of halogens is 1. The fraction of sp³-hybridized carbons (Fsp3) is 0.529. The van der Waals surface area contributed by atoms with Crippen molar-refractivity contribution >= 4 is 23.5 Å². The predicted molar refractivity (Wildman–Crippen MR) is 91.5 cm³/mol. The number of carbonyl (C=O) groups is 2. The van der Waals surface area contributed by atoms with E-state index in [1.807, 2.05) is 17.0 Å². The van der Waals surface area contributed by atoms with Crippen LogP contribution in [0.15, 0.2) is 24.3 Å². The molecule has 126 valence electrons. The largest absolute Gasteiger partial charge is 0.339 e. The average Bonchev–Trinajstić information content (AvgIpc) is 2.55. The zero-order chi connectivity index (χ0) is 16.8. The molecule has 2 rings (SSSR count). The highest BCUT2D eigenvalue weighted by molar-refractivity contribution is 6.30. The molecule has 1 aliphatic rings. The molecule has 3 amide bonds. The van der Waals surface area contributed by atoms with Crippen LogP contribution in [0.5, 0.6) is 0 Å². The van der Waals surface area contributed by atoms with Gasteiger partial charge in [-0.3, -0.25) is 4.79 Å². The lowest BCUT2D eigenvalue weighted by Crippen LogP contribution is -2.53. The molecule has 6 heteroatoms. The van der Waals surface area contributed by atoms with Crippen molar-refractivity contribution in [1.29, 1.82) is 0 Å². The second-order valence-corrected chi connectivity index (χ2v) is 6.69. The van der Waals surface area contributed by atoms with Gasteiger partial charge in [-0.25, -0.2) is 4.79 Å². The molecule has 1 saturated heterocycles. The standard InChI is InChI=1S/C17H24ClN3O2/c1-13(2)12-19-17(23)21-9-7-20(8-10-21)16(22)11-14-3-5-15(18)6-4-14/h3-6,13H,7-12H2,1-2H3,(H,19,23). The van der Waals surface area contributed by atoms with E-state index in [0.717, 1.165) is 5.56 Å². The average molecular weight is 338 g/mol. The third-order valence-corrected chi connectivity index (χ3v) is 4.10. The number of benzene rings is 1. The van der Waals surface area contributed by atoms with Gasteiger partial charge in [-0.05, 0) is 23.6 Å². The Morgan fingerprint density at radius 2 is 1.65 bits per heavy atom. The molecule has 0 unspecified atom stereocenters. The lowest BCUT2D eigenvalue weighted by molar-refractivity contribution is -0.131. The van der Waals surface area contributed by atoms with Gasteiger partial charge in [0.1, 0.15) is 0 Å². The number of piperazine rings is 1. The first-order valence-electron chi connectivity index (χ1n) is 8.00. The van der Waals surface area contributed by atoms with Gasteiger partial charge in [-0.1, -0.05) is 37.6 Å². The van der Waals surface area contributed by atoms with Gasteiger partial charge in [-0.15, -0.1) is 0 Å². The predicted octanol–water partition coefficient (Wildman–Crippen LogP) is 2.39. The van der Waals surface area contributed by atoms with Crippen LogP contribution in [-0.4, -0.2) is 54.5 Å². The summed E-state index contributed by atoms with van der Waals surface area (Å²) in [4.78, 5) is 27.9. The Hall–Kier alpha value is -1.75. The Labute approximate surface area is 142 Å². The Bertz CT molecular complexity index is 537. The minimum absolute atomic E-state index is 0.0384. The monoisotopic (exact) mass is 337 g/mol. The zero-order valence-corrected chi connectivity index (χ0v) is 14.5. The van der Waals surface area contributed by atoms with Crippen LogP contribution in [0.25, 0.3) is 0 Å². The van der Waals surface area contributed by atoms with Gasteiger partial charge in [0, 0.05) is 37.7 Å². The van der Waals surface area contributed by atoms with E-state index in [9.17, 15) is 9.59 Å². The van der Waals surface area contributed by atoms with E-state index in [1.54, 1.807) is 17.0 Å². The van der Waals surface area contributed by atoms with Crippen LogP contribution in [0.1, 0.15) is 19.4 Å². The van der Waals surface area contributed by atoms with Crippen LogP contribution in [0.2, 0.25) is 5.02 Å². The number of nitrogens with one attached hydrogen (secondary N) is 1. The smallest absolute Gasteiger partial charge is 0.317 e. The van der Waals surface area contributed by atoms with E-state index in [4.69, 9.17) is 11.6 Å². The summed E-state index contributed by atoms with van der Waals surface area (Å²) in [5.41, 5.74) is 0.955. The van der Waals surface area contributed by atoms with Gasteiger partial charge in [-0.2, -0.15) is 0 Å². The van der Waals surface area contributed by atoms with Crippen LogP contribution in [0.3, 0.4) is 0 Å². The number of rotatable bonds is 4. The molecule has 1 heterocycles. The van der Waals surface area contributed by atoms with Gasteiger partial charge >= 0.3 is 6.03 Å². The number of urea groups is 1. The molecule has 0 aromatic heterocycles. The maximum absolute atomic E-state index is 12.3. The lowest BCUT2D eigenvalue weighted by Gasteiger charge is -2.35. The van der Waals surface area contributed by atoms with E-state index in [0.29, 0.717) is 50.1 Å². The van der Waals surface area contributed by atoms with Gasteiger partial charge in [0.2, 0.25) is 5.91 Å². The zero-order valence-electron chi connectivity index (χ0n) is 13.7. The maximum atomic E-state index is 12.3. The van der Waals surface area contributed by atoms with Gasteiger partial charge in [0.15, 0.2) is 0 Å². The van der Waals surface area contributed by atoms with Crippen LogP contribution >= 0.6 is 11.6 Å². The first kappa shape index (κ1) is 17.6. The van der Waals surface area contributed by atoms with Crippen molar-refractivity contribution in [3.63, 3.8) is 0 Å². The van der Waals surface area contributed by atoms with Gasteiger partial charge < -0.3 is 15.1 Å². The molecule has 1 fully saturated rings.